The van der Waals surface area contributed by atoms with Gasteiger partial charge in [0.2, 0.25) is 0 Å². The maximum atomic E-state index is 2.64. The van der Waals surface area contributed by atoms with Crippen molar-refractivity contribution >= 4 is 140 Å². The molecule has 0 atom stereocenters. The Hall–Kier alpha value is -6.50. The molecule has 0 aliphatic carbocycles. The van der Waals surface area contributed by atoms with E-state index in [-0.39, 0.29) is 0 Å². The fraction of sp³-hybridized carbons (Fsp3) is 0.265. The van der Waals surface area contributed by atoms with Crippen molar-refractivity contribution in [2.45, 2.75) is 119 Å². The normalized spacial score (nSPS) is 13.5. The van der Waals surface area contributed by atoms with Crippen LogP contribution in [0.15, 0.2) is 109 Å². The lowest BCUT2D eigenvalue weighted by Crippen LogP contribution is -1.98. The number of fused-ring (bicyclic) bond motifs is 11. The molecular weight excluding hydrogens is 817 g/mol. The lowest BCUT2D eigenvalue weighted by molar-refractivity contribution is 0.869. The van der Waals surface area contributed by atoms with Crippen molar-refractivity contribution in [3.63, 3.8) is 0 Å². The summed E-state index contributed by atoms with van der Waals surface area (Å²) in [5.74, 6) is 2.38. The molecule has 0 unspecified atom stereocenters. The highest BCUT2D eigenvalue weighted by Gasteiger charge is 2.29. The van der Waals surface area contributed by atoms with Gasteiger partial charge in [0.25, 0.3) is 0 Å². The van der Waals surface area contributed by atoms with Crippen LogP contribution in [0.4, 0.5) is 0 Å². The summed E-state index contributed by atoms with van der Waals surface area (Å²) in [6.07, 6.45) is 0. The Morgan fingerprint density at radius 1 is 0.206 bits per heavy atom. The van der Waals surface area contributed by atoms with Gasteiger partial charge in [-0.15, -0.1) is 0 Å². The predicted octanol–water partition coefficient (Wildman–Crippen LogP) is 21.2. The summed E-state index contributed by atoms with van der Waals surface area (Å²) in [5, 5.41) is 36.8. The maximum absolute atomic E-state index is 2.64. The molecule has 0 saturated heterocycles. The molecule has 0 heterocycles. The molecule has 0 bridgehead atoms. The smallest absolute Gasteiger partial charge is 0.00137 e. The topological polar surface area (TPSA) is 0 Å². The van der Waals surface area contributed by atoms with Crippen LogP contribution in [0.3, 0.4) is 0 Å². The average Bonchev–Trinajstić information content (AvgIpc) is 3.81. The van der Waals surface area contributed by atoms with Gasteiger partial charge >= 0.3 is 0 Å². The SMILES string of the molecule is CC(C)c1cc2ccc(C(C)C)c3c4ccc5c6cc7c(C(C)C)c8c9ccc%10c%11cc(C(C)C)cc%12ccc(C(C)C)c(c%13ccc(c8c(C(C)C)c7cc6c6ccc(c(c1)c23)c4c56)c9c%10%13)c%12%11. The van der Waals surface area contributed by atoms with Crippen molar-refractivity contribution in [3.05, 3.63) is 143 Å². The minimum Gasteiger partial charge on any atom is -0.0587 e. The third kappa shape index (κ3) is 4.92. The minimum absolute atomic E-state index is 0.322. The standard InChI is InChI=1S/C68H60/c1-31(2)39-25-37-13-15-41(33(5)6)61-47-21-19-44-52-30-56-55(29-51(52)43-17-18-45(64(47)63(43)44)53(27-39)59(37)61)58(36(11)12)68-50-24-23-48-62-42(34(7)8)16-14-38-26-40(32(3)4)28-54(60(38)62)46-20-22-49(66(50)65(46)48)67(68)57(56)35(9)10/h13-36H,1-12H3. The van der Waals surface area contributed by atoms with Crippen molar-refractivity contribution in [1.29, 1.82) is 0 Å². The van der Waals surface area contributed by atoms with E-state index >= 15 is 0 Å². The zero-order valence-corrected chi connectivity index (χ0v) is 41.9. The zero-order chi connectivity index (χ0) is 46.7. The average molecular weight is 877 g/mol. The molecule has 0 spiro atoms. The first-order valence-corrected chi connectivity index (χ1v) is 25.8. The van der Waals surface area contributed by atoms with E-state index in [2.05, 4.69) is 192 Å². The van der Waals surface area contributed by atoms with Crippen LogP contribution < -0.4 is 0 Å². The molecule has 332 valence electrons. The highest BCUT2D eigenvalue weighted by molar-refractivity contribution is 6.46. The third-order valence-corrected chi connectivity index (χ3v) is 17.2. The predicted molar refractivity (Wildman–Crippen MR) is 303 cm³/mol. The first-order chi connectivity index (χ1) is 32.7. The molecule has 0 nitrogen and oxygen atoms in total. The Morgan fingerprint density at radius 3 is 0.882 bits per heavy atom. The summed E-state index contributed by atoms with van der Waals surface area (Å²) in [6.45, 7) is 28.6. The van der Waals surface area contributed by atoms with Crippen LogP contribution >= 0.6 is 0 Å². The van der Waals surface area contributed by atoms with E-state index in [4.69, 9.17) is 0 Å². The van der Waals surface area contributed by atoms with E-state index in [9.17, 15) is 0 Å². The number of rotatable bonds is 6. The monoisotopic (exact) mass is 876 g/mol. The Balaban J connectivity index is 1.16. The van der Waals surface area contributed by atoms with Crippen LogP contribution in [0.1, 0.15) is 152 Å². The zero-order valence-electron chi connectivity index (χ0n) is 41.9. The Bertz CT molecular complexity index is 4380. The van der Waals surface area contributed by atoms with E-state index in [1.54, 1.807) is 0 Å². The van der Waals surface area contributed by atoms with Gasteiger partial charge in [-0.3, -0.25) is 0 Å². The summed E-state index contributed by atoms with van der Waals surface area (Å²) in [4.78, 5) is 0. The van der Waals surface area contributed by atoms with E-state index < -0.39 is 0 Å². The van der Waals surface area contributed by atoms with Gasteiger partial charge in [0, 0.05) is 0 Å². The van der Waals surface area contributed by atoms with Crippen LogP contribution in [0.2, 0.25) is 0 Å². The molecule has 0 heteroatoms. The molecular formula is C68H60. The molecule has 0 N–H and O–H groups in total. The molecule has 0 fully saturated rings. The molecule has 68 heavy (non-hydrogen) atoms. The van der Waals surface area contributed by atoms with Gasteiger partial charge in [-0.05, 0) is 221 Å². The molecule has 14 rings (SSSR count). The van der Waals surface area contributed by atoms with E-state index in [0.29, 0.717) is 35.5 Å². The molecule has 0 saturated carbocycles. The van der Waals surface area contributed by atoms with Crippen LogP contribution in [0, 0.1) is 0 Å². The van der Waals surface area contributed by atoms with E-state index in [1.807, 2.05) is 0 Å². The molecule has 0 aliphatic rings. The minimum atomic E-state index is 0.322. The van der Waals surface area contributed by atoms with Crippen molar-refractivity contribution < 1.29 is 0 Å². The second-order valence-electron chi connectivity index (χ2n) is 23.0. The fourth-order valence-electron chi connectivity index (χ4n) is 14.2. The first kappa shape index (κ1) is 40.6. The highest BCUT2D eigenvalue weighted by atomic mass is 14.3. The Morgan fingerprint density at radius 2 is 0.529 bits per heavy atom. The summed E-state index contributed by atoms with van der Waals surface area (Å²) in [6, 6.07) is 44.8. The van der Waals surface area contributed by atoms with Gasteiger partial charge in [-0.25, -0.2) is 0 Å². The van der Waals surface area contributed by atoms with E-state index in [1.165, 1.54) is 173 Å². The van der Waals surface area contributed by atoms with Gasteiger partial charge in [0.1, 0.15) is 0 Å². The summed E-state index contributed by atoms with van der Waals surface area (Å²) in [5.41, 5.74) is 8.71. The first-order valence-electron chi connectivity index (χ1n) is 25.8. The van der Waals surface area contributed by atoms with Gasteiger partial charge in [-0.1, -0.05) is 180 Å². The van der Waals surface area contributed by atoms with Gasteiger partial charge in [0.15, 0.2) is 0 Å². The Kier molecular flexibility index (Phi) is 8.11. The summed E-state index contributed by atoms with van der Waals surface area (Å²) in [7, 11) is 0. The molecule has 14 aromatic rings. The van der Waals surface area contributed by atoms with Crippen LogP contribution in [0.5, 0.6) is 0 Å². The van der Waals surface area contributed by atoms with Crippen molar-refractivity contribution in [3.8, 4) is 0 Å². The lowest BCUT2D eigenvalue weighted by Gasteiger charge is -2.20. The lowest BCUT2D eigenvalue weighted by atomic mass is 9.83. The second kappa shape index (κ2) is 13.6. The number of hydrogen-bond donors (Lipinski definition) is 0. The highest BCUT2D eigenvalue weighted by Crippen LogP contribution is 2.55. The largest absolute Gasteiger partial charge is 0.0587 e. The quantitative estimate of drug-likeness (QED) is 0.115. The van der Waals surface area contributed by atoms with Gasteiger partial charge in [0.05, 0.1) is 0 Å². The van der Waals surface area contributed by atoms with Crippen molar-refractivity contribution in [1.82, 2.24) is 0 Å². The molecule has 0 amide bonds. The molecule has 0 radical (unpaired) electrons. The van der Waals surface area contributed by atoms with Crippen LogP contribution in [-0.4, -0.2) is 0 Å². The molecule has 0 aromatic heterocycles. The third-order valence-electron chi connectivity index (χ3n) is 17.2. The van der Waals surface area contributed by atoms with E-state index in [0.717, 1.165) is 0 Å². The van der Waals surface area contributed by atoms with Gasteiger partial charge < -0.3 is 0 Å². The number of hydrogen-bond acceptors (Lipinski definition) is 0. The van der Waals surface area contributed by atoms with Crippen molar-refractivity contribution in [2.24, 2.45) is 0 Å². The van der Waals surface area contributed by atoms with Gasteiger partial charge in [-0.2, -0.15) is 0 Å². The molecule has 14 aromatic carbocycles. The van der Waals surface area contributed by atoms with Crippen molar-refractivity contribution in [2.75, 3.05) is 0 Å². The maximum Gasteiger partial charge on any atom is -0.00137 e. The van der Waals surface area contributed by atoms with Crippen LogP contribution in [0.25, 0.3) is 140 Å². The Labute approximate surface area is 399 Å². The second-order valence-corrected chi connectivity index (χ2v) is 23.0. The fourth-order valence-corrected chi connectivity index (χ4v) is 14.2. The summed E-state index contributed by atoms with van der Waals surface area (Å²) < 4.78 is 0. The summed E-state index contributed by atoms with van der Waals surface area (Å²) >= 11 is 0. The molecule has 0 aliphatic heterocycles. The number of benzene rings is 12. The van der Waals surface area contributed by atoms with Crippen LogP contribution in [-0.2, 0) is 0 Å².